The third kappa shape index (κ3) is 4.10. The van der Waals surface area contributed by atoms with E-state index in [4.69, 9.17) is 0 Å². The largest absolute Gasteiger partial charge is 0.334 e. The van der Waals surface area contributed by atoms with Gasteiger partial charge in [0.05, 0.1) is 12.2 Å². The van der Waals surface area contributed by atoms with Gasteiger partial charge in [0, 0.05) is 30.4 Å². The van der Waals surface area contributed by atoms with Gasteiger partial charge in [-0.05, 0) is 57.0 Å². The standard InChI is InChI=1S/C20H28N4O/c1-4-10-23(19-8-9-21-13-19)20(25)18-7-5-6-17(12-18)14-24-16(3)11-15(2)22-24/h5-7,11-12,19,21H,4,8-10,13-14H2,1-3H3. The van der Waals surface area contributed by atoms with Gasteiger partial charge in [-0.2, -0.15) is 5.10 Å². The number of amides is 1. The number of nitrogens with zero attached hydrogens (tertiary/aromatic N) is 3. The van der Waals surface area contributed by atoms with Gasteiger partial charge >= 0.3 is 0 Å². The average molecular weight is 340 g/mol. The lowest BCUT2D eigenvalue weighted by Crippen LogP contribution is -2.42. The molecule has 0 bridgehead atoms. The molecule has 1 saturated heterocycles. The number of aromatic nitrogens is 2. The fourth-order valence-electron chi connectivity index (χ4n) is 3.57. The molecule has 1 unspecified atom stereocenters. The summed E-state index contributed by atoms with van der Waals surface area (Å²) in [5.41, 5.74) is 4.05. The molecule has 1 aliphatic rings. The highest BCUT2D eigenvalue weighted by Crippen LogP contribution is 2.16. The SMILES string of the molecule is CCCN(C(=O)c1cccc(Cn2nc(C)cc2C)c1)C1CCNC1. The molecule has 1 aromatic carbocycles. The molecule has 2 heterocycles. The van der Waals surface area contributed by atoms with Crippen molar-refractivity contribution in [2.75, 3.05) is 19.6 Å². The molecule has 0 aliphatic carbocycles. The molecule has 25 heavy (non-hydrogen) atoms. The summed E-state index contributed by atoms with van der Waals surface area (Å²) in [7, 11) is 0. The van der Waals surface area contributed by atoms with Crippen LogP contribution in [0.3, 0.4) is 0 Å². The monoisotopic (exact) mass is 340 g/mol. The molecule has 5 nitrogen and oxygen atoms in total. The third-order valence-corrected chi connectivity index (χ3v) is 4.81. The number of carbonyl (C=O) groups excluding carboxylic acids is 1. The summed E-state index contributed by atoms with van der Waals surface area (Å²) in [6, 6.07) is 10.4. The molecule has 1 N–H and O–H groups in total. The van der Waals surface area contributed by atoms with Crippen LogP contribution < -0.4 is 5.32 Å². The Bertz CT molecular complexity index is 731. The Labute approximate surface area is 150 Å². The van der Waals surface area contributed by atoms with Crippen LogP contribution >= 0.6 is 0 Å². The van der Waals surface area contributed by atoms with Gasteiger partial charge in [-0.1, -0.05) is 19.1 Å². The van der Waals surface area contributed by atoms with Crippen molar-refractivity contribution in [1.29, 1.82) is 0 Å². The zero-order valence-electron chi connectivity index (χ0n) is 15.5. The van der Waals surface area contributed by atoms with E-state index >= 15 is 0 Å². The Morgan fingerprint density at radius 2 is 2.20 bits per heavy atom. The van der Waals surface area contributed by atoms with Crippen LogP contribution in [0.25, 0.3) is 0 Å². The van der Waals surface area contributed by atoms with Gasteiger partial charge in [0.15, 0.2) is 0 Å². The van der Waals surface area contributed by atoms with Crippen molar-refractivity contribution in [3.8, 4) is 0 Å². The van der Waals surface area contributed by atoms with Crippen LogP contribution in [0, 0.1) is 13.8 Å². The van der Waals surface area contributed by atoms with Crippen molar-refractivity contribution < 1.29 is 4.79 Å². The van der Waals surface area contributed by atoms with Crippen molar-refractivity contribution >= 4 is 5.91 Å². The van der Waals surface area contributed by atoms with E-state index < -0.39 is 0 Å². The normalized spacial score (nSPS) is 17.0. The second-order valence-electron chi connectivity index (χ2n) is 6.93. The molecule has 1 aromatic heterocycles. The highest BCUT2D eigenvalue weighted by atomic mass is 16.2. The van der Waals surface area contributed by atoms with Gasteiger partial charge in [-0.25, -0.2) is 0 Å². The molecule has 134 valence electrons. The predicted molar refractivity (Wildman–Crippen MR) is 99.8 cm³/mol. The molecule has 1 aliphatic heterocycles. The number of nitrogens with one attached hydrogen (secondary N) is 1. The van der Waals surface area contributed by atoms with Crippen LogP contribution in [-0.4, -0.2) is 46.3 Å². The Morgan fingerprint density at radius 1 is 1.36 bits per heavy atom. The molecule has 1 amide bonds. The number of benzene rings is 1. The van der Waals surface area contributed by atoms with E-state index in [1.54, 1.807) is 0 Å². The smallest absolute Gasteiger partial charge is 0.254 e. The van der Waals surface area contributed by atoms with Crippen molar-refractivity contribution in [3.63, 3.8) is 0 Å². The summed E-state index contributed by atoms with van der Waals surface area (Å²) >= 11 is 0. The highest BCUT2D eigenvalue weighted by Gasteiger charge is 2.26. The number of aryl methyl sites for hydroxylation is 2. The minimum Gasteiger partial charge on any atom is -0.334 e. The molecule has 0 radical (unpaired) electrons. The van der Waals surface area contributed by atoms with Gasteiger partial charge in [-0.3, -0.25) is 9.48 Å². The molecule has 0 saturated carbocycles. The van der Waals surface area contributed by atoms with Crippen LogP contribution in [0.4, 0.5) is 0 Å². The fourth-order valence-corrected chi connectivity index (χ4v) is 3.57. The molecular formula is C20H28N4O. The highest BCUT2D eigenvalue weighted by molar-refractivity contribution is 5.94. The van der Waals surface area contributed by atoms with Gasteiger partial charge in [-0.15, -0.1) is 0 Å². The van der Waals surface area contributed by atoms with E-state index in [-0.39, 0.29) is 5.91 Å². The van der Waals surface area contributed by atoms with Gasteiger partial charge in [0.1, 0.15) is 0 Å². The summed E-state index contributed by atoms with van der Waals surface area (Å²) in [5, 5.41) is 7.89. The number of carbonyl (C=O) groups is 1. The zero-order chi connectivity index (χ0) is 17.8. The maximum atomic E-state index is 13.1. The topological polar surface area (TPSA) is 50.2 Å². The van der Waals surface area contributed by atoms with Crippen molar-refractivity contribution in [3.05, 3.63) is 52.8 Å². The van der Waals surface area contributed by atoms with E-state index in [9.17, 15) is 4.79 Å². The minimum atomic E-state index is 0.144. The van der Waals surface area contributed by atoms with Crippen LogP contribution in [0.1, 0.15) is 47.1 Å². The molecule has 1 fully saturated rings. The van der Waals surface area contributed by atoms with E-state index in [1.165, 1.54) is 0 Å². The summed E-state index contributed by atoms with van der Waals surface area (Å²) < 4.78 is 1.99. The second kappa shape index (κ2) is 7.83. The zero-order valence-corrected chi connectivity index (χ0v) is 15.5. The third-order valence-electron chi connectivity index (χ3n) is 4.81. The lowest BCUT2D eigenvalue weighted by molar-refractivity contribution is 0.0692. The molecule has 3 rings (SSSR count). The van der Waals surface area contributed by atoms with E-state index in [1.807, 2.05) is 34.7 Å². The van der Waals surface area contributed by atoms with Crippen molar-refractivity contribution in [1.82, 2.24) is 20.0 Å². The summed E-state index contributed by atoms with van der Waals surface area (Å²) in [6.07, 6.45) is 2.02. The second-order valence-corrected chi connectivity index (χ2v) is 6.93. The maximum Gasteiger partial charge on any atom is 0.254 e. The average Bonchev–Trinajstić information content (AvgIpc) is 3.22. The van der Waals surface area contributed by atoms with E-state index in [2.05, 4.69) is 36.4 Å². The molecule has 1 atom stereocenters. The minimum absolute atomic E-state index is 0.144. The summed E-state index contributed by atoms with van der Waals surface area (Å²) in [5.74, 6) is 0.144. The number of hydrogen-bond acceptors (Lipinski definition) is 3. The lowest BCUT2D eigenvalue weighted by atomic mass is 10.1. The fraction of sp³-hybridized carbons (Fsp3) is 0.500. The first-order valence-electron chi connectivity index (χ1n) is 9.20. The lowest BCUT2D eigenvalue weighted by Gasteiger charge is -2.28. The molecule has 5 heteroatoms. The number of rotatable bonds is 6. The number of hydrogen-bond donors (Lipinski definition) is 1. The Kier molecular flexibility index (Phi) is 5.53. The van der Waals surface area contributed by atoms with Crippen molar-refractivity contribution in [2.45, 2.75) is 46.2 Å². The molecule has 2 aromatic rings. The van der Waals surface area contributed by atoms with Crippen LogP contribution in [0.2, 0.25) is 0 Å². The Balaban J connectivity index is 1.79. The van der Waals surface area contributed by atoms with Crippen LogP contribution in [0.15, 0.2) is 30.3 Å². The molecular weight excluding hydrogens is 312 g/mol. The van der Waals surface area contributed by atoms with E-state index in [0.29, 0.717) is 12.6 Å². The predicted octanol–water partition coefficient (Wildman–Crippen LogP) is 2.76. The molecule has 0 spiro atoms. The first-order valence-corrected chi connectivity index (χ1v) is 9.20. The van der Waals surface area contributed by atoms with Crippen LogP contribution in [-0.2, 0) is 6.54 Å². The summed E-state index contributed by atoms with van der Waals surface area (Å²) in [4.78, 5) is 15.1. The van der Waals surface area contributed by atoms with Gasteiger partial charge in [0.25, 0.3) is 5.91 Å². The quantitative estimate of drug-likeness (QED) is 0.880. The van der Waals surface area contributed by atoms with E-state index in [0.717, 1.165) is 55.0 Å². The maximum absolute atomic E-state index is 13.1. The van der Waals surface area contributed by atoms with Gasteiger partial charge < -0.3 is 10.2 Å². The van der Waals surface area contributed by atoms with Crippen LogP contribution in [0.5, 0.6) is 0 Å². The van der Waals surface area contributed by atoms with Crippen molar-refractivity contribution in [2.24, 2.45) is 0 Å². The Morgan fingerprint density at radius 3 is 2.84 bits per heavy atom. The Hall–Kier alpha value is -2.14. The first-order chi connectivity index (χ1) is 12.1. The van der Waals surface area contributed by atoms with Gasteiger partial charge in [0.2, 0.25) is 0 Å². The first kappa shape index (κ1) is 17.7. The summed E-state index contributed by atoms with van der Waals surface area (Å²) in [6.45, 7) is 9.59.